The predicted molar refractivity (Wildman–Crippen MR) is 147 cm³/mol. The van der Waals surface area contributed by atoms with Gasteiger partial charge in [-0.15, -0.1) is 22.7 Å². The fourth-order valence-electron chi connectivity index (χ4n) is 4.88. The number of allylic oxidation sites excluding steroid dienone is 2. The van der Waals surface area contributed by atoms with Crippen molar-refractivity contribution in [3.05, 3.63) is 80.1 Å². The topological polar surface area (TPSA) is 94.1 Å². The lowest BCUT2D eigenvalue weighted by Gasteiger charge is -2.08. The third-order valence-corrected chi connectivity index (χ3v) is 8.76. The van der Waals surface area contributed by atoms with E-state index in [4.69, 9.17) is 0 Å². The van der Waals surface area contributed by atoms with Crippen LogP contribution in [0.5, 0.6) is 0 Å². The van der Waals surface area contributed by atoms with Crippen LogP contribution in [0.15, 0.2) is 36.4 Å². The Hall–Kier alpha value is -3.88. The molecule has 0 unspecified atom stereocenters. The highest BCUT2D eigenvalue weighted by Gasteiger charge is 2.24. The molecule has 0 atom stereocenters. The number of hydrogen-bond donors (Lipinski definition) is 0. The highest BCUT2D eigenvalue weighted by molar-refractivity contribution is 7.16. The van der Waals surface area contributed by atoms with Gasteiger partial charge in [0.25, 0.3) is 0 Å². The average Bonchev–Trinajstić information content (AvgIpc) is 3.65. The smallest absolute Gasteiger partial charge is 0.169 e. The minimum atomic E-state index is 0.234. The molecule has 4 aromatic rings. The van der Waals surface area contributed by atoms with Crippen LogP contribution in [0.1, 0.15) is 82.1 Å². The number of nitrogens with zero attached hydrogens (tertiary/aromatic N) is 2. The molecule has 0 aliphatic heterocycles. The molecule has 184 valence electrons. The van der Waals surface area contributed by atoms with Gasteiger partial charge in [0.05, 0.1) is 0 Å². The molecule has 0 saturated heterocycles. The van der Waals surface area contributed by atoms with Crippen LogP contribution >= 0.6 is 22.7 Å². The van der Waals surface area contributed by atoms with Crippen LogP contribution in [-0.2, 0) is 0 Å². The van der Waals surface area contributed by atoms with Gasteiger partial charge in [-0.05, 0) is 91.8 Å². The number of carbonyl (C=O) groups excluding carboxylic acids is 4. The number of aromatic nitrogens is 2. The van der Waals surface area contributed by atoms with E-state index in [0.717, 1.165) is 49.9 Å². The lowest BCUT2D eigenvalue weighted by molar-refractivity contribution is 0.110. The molecule has 5 rings (SSSR count). The molecule has 0 radical (unpaired) electrons. The molecular weight excluding hydrogens is 504 g/mol. The Labute approximate surface area is 221 Å². The van der Waals surface area contributed by atoms with Gasteiger partial charge >= 0.3 is 0 Å². The first-order valence-corrected chi connectivity index (χ1v) is 13.4. The largest absolute Gasteiger partial charge is 0.296 e. The second-order valence-electron chi connectivity index (χ2n) is 8.78. The summed E-state index contributed by atoms with van der Waals surface area (Å²) in [4.78, 5) is 58.1. The standard InChI is InChI=1S/C29H22N2O4S2/c1-16-24(10-28(36-16)22-8-6-18(12-32)30-26(22)14-34)20-4-3-5-21(20)25-11-29(37-17(25)2)23-9-7-19(13-33)31-27(23)15-35/h6-15H,3-5H2,1-2H3. The maximum Gasteiger partial charge on any atom is 0.169 e. The van der Waals surface area contributed by atoms with Gasteiger partial charge in [0, 0.05) is 30.6 Å². The Morgan fingerprint density at radius 3 is 1.43 bits per heavy atom. The highest BCUT2D eigenvalue weighted by Crippen LogP contribution is 2.47. The Balaban J connectivity index is 1.58. The second-order valence-corrected chi connectivity index (χ2v) is 11.3. The van der Waals surface area contributed by atoms with Crippen LogP contribution in [0.4, 0.5) is 0 Å². The molecule has 0 saturated carbocycles. The van der Waals surface area contributed by atoms with Crippen molar-refractivity contribution in [3.63, 3.8) is 0 Å². The first kappa shape index (κ1) is 24.8. The summed E-state index contributed by atoms with van der Waals surface area (Å²) in [5.41, 5.74) is 7.36. The lowest BCUT2D eigenvalue weighted by atomic mass is 9.96. The van der Waals surface area contributed by atoms with E-state index < -0.39 is 0 Å². The zero-order valence-electron chi connectivity index (χ0n) is 20.2. The van der Waals surface area contributed by atoms with Gasteiger partial charge in [-0.2, -0.15) is 0 Å². The van der Waals surface area contributed by atoms with Crippen LogP contribution in [0.3, 0.4) is 0 Å². The van der Waals surface area contributed by atoms with Crippen molar-refractivity contribution in [2.24, 2.45) is 0 Å². The zero-order chi connectivity index (χ0) is 26.1. The Kier molecular flexibility index (Phi) is 6.86. The highest BCUT2D eigenvalue weighted by atomic mass is 32.1. The van der Waals surface area contributed by atoms with Crippen LogP contribution in [-0.4, -0.2) is 35.1 Å². The maximum absolute atomic E-state index is 11.7. The summed E-state index contributed by atoms with van der Waals surface area (Å²) < 4.78 is 0. The normalized spacial score (nSPS) is 13.1. The molecule has 0 aromatic carbocycles. The van der Waals surface area contributed by atoms with Crippen LogP contribution in [0.2, 0.25) is 0 Å². The number of rotatable bonds is 8. The van der Waals surface area contributed by atoms with Crippen molar-refractivity contribution < 1.29 is 19.2 Å². The third kappa shape index (κ3) is 4.54. The molecule has 8 heteroatoms. The predicted octanol–water partition coefficient (Wildman–Crippen LogP) is 6.90. The van der Waals surface area contributed by atoms with E-state index in [9.17, 15) is 19.2 Å². The molecule has 0 fully saturated rings. The second kappa shape index (κ2) is 10.2. The van der Waals surface area contributed by atoms with Crippen molar-refractivity contribution in [3.8, 4) is 20.9 Å². The SMILES string of the molecule is Cc1sc(-c2ccc(C=O)nc2C=O)cc1C1=C(c2cc(-c3ccc(C=O)nc3C=O)sc2C)CCC1. The summed E-state index contributed by atoms with van der Waals surface area (Å²) in [6, 6.07) is 11.1. The fraction of sp³-hybridized carbons (Fsp3) is 0.172. The van der Waals surface area contributed by atoms with E-state index >= 15 is 0 Å². The summed E-state index contributed by atoms with van der Waals surface area (Å²) in [6.45, 7) is 4.17. The summed E-state index contributed by atoms with van der Waals surface area (Å²) in [5, 5.41) is 0. The van der Waals surface area contributed by atoms with Gasteiger partial charge in [-0.1, -0.05) is 0 Å². The number of hydrogen-bond acceptors (Lipinski definition) is 8. The molecule has 6 nitrogen and oxygen atoms in total. The van der Waals surface area contributed by atoms with Crippen molar-refractivity contribution in [1.82, 2.24) is 9.97 Å². The Bertz CT molecular complexity index is 1490. The van der Waals surface area contributed by atoms with Gasteiger partial charge in [0.15, 0.2) is 25.1 Å². The molecule has 1 aliphatic rings. The van der Waals surface area contributed by atoms with Gasteiger partial charge in [-0.25, -0.2) is 9.97 Å². The number of thiophene rings is 2. The fourth-order valence-corrected chi connectivity index (χ4v) is 7.04. The lowest BCUT2D eigenvalue weighted by Crippen LogP contribution is -1.95. The molecule has 4 aromatic heterocycles. The first-order chi connectivity index (χ1) is 18.0. The van der Waals surface area contributed by atoms with E-state index in [0.29, 0.717) is 25.1 Å². The zero-order valence-corrected chi connectivity index (χ0v) is 21.9. The summed E-state index contributed by atoms with van der Waals surface area (Å²) >= 11 is 3.23. The van der Waals surface area contributed by atoms with Gasteiger partial charge in [0.2, 0.25) is 0 Å². The Morgan fingerprint density at radius 2 is 1.05 bits per heavy atom. The molecule has 1 aliphatic carbocycles. The quantitative estimate of drug-likeness (QED) is 0.232. The van der Waals surface area contributed by atoms with Crippen LogP contribution in [0, 0.1) is 13.8 Å². The van der Waals surface area contributed by atoms with E-state index in [2.05, 4.69) is 35.9 Å². The molecule has 0 amide bonds. The molecular formula is C29H22N2O4S2. The monoisotopic (exact) mass is 526 g/mol. The van der Waals surface area contributed by atoms with E-state index in [1.165, 1.54) is 22.3 Å². The maximum atomic E-state index is 11.7. The number of aldehydes is 4. The van der Waals surface area contributed by atoms with Crippen molar-refractivity contribution in [1.29, 1.82) is 0 Å². The summed E-state index contributed by atoms with van der Waals surface area (Å²) in [6.07, 6.45) is 5.61. The molecule has 0 bridgehead atoms. The third-order valence-electron chi connectivity index (χ3n) is 6.59. The number of aryl methyl sites for hydroxylation is 2. The van der Waals surface area contributed by atoms with Crippen LogP contribution < -0.4 is 0 Å². The van der Waals surface area contributed by atoms with Crippen molar-refractivity contribution >= 4 is 59.0 Å². The van der Waals surface area contributed by atoms with Gasteiger partial charge < -0.3 is 0 Å². The minimum absolute atomic E-state index is 0.234. The van der Waals surface area contributed by atoms with E-state index in [1.807, 2.05) is 0 Å². The number of pyridine rings is 2. The number of carbonyl (C=O) groups is 4. The van der Waals surface area contributed by atoms with Crippen molar-refractivity contribution in [2.45, 2.75) is 33.1 Å². The first-order valence-electron chi connectivity index (χ1n) is 11.7. The minimum Gasteiger partial charge on any atom is -0.296 e. The molecule has 0 spiro atoms. The van der Waals surface area contributed by atoms with Gasteiger partial charge in [0.1, 0.15) is 22.8 Å². The van der Waals surface area contributed by atoms with Crippen molar-refractivity contribution in [2.75, 3.05) is 0 Å². The molecule has 0 N–H and O–H groups in total. The summed E-state index contributed by atoms with van der Waals surface area (Å²) in [7, 11) is 0. The van der Waals surface area contributed by atoms with Crippen LogP contribution in [0.25, 0.3) is 32.0 Å². The van der Waals surface area contributed by atoms with Gasteiger partial charge in [-0.3, -0.25) is 19.2 Å². The Morgan fingerprint density at radius 1 is 0.622 bits per heavy atom. The van der Waals surface area contributed by atoms with E-state index in [1.54, 1.807) is 46.9 Å². The summed E-state index contributed by atoms with van der Waals surface area (Å²) in [5.74, 6) is 0. The van der Waals surface area contributed by atoms with E-state index in [-0.39, 0.29) is 22.8 Å². The average molecular weight is 527 g/mol. The molecule has 37 heavy (non-hydrogen) atoms. The molecule has 4 heterocycles.